The Balaban J connectivity index is 1.01. The maximum Gasteiger partial charge on any atom is 0.256 e. The normalized spacial score (nSPS) is 19.2. The van der Waals surface area contributed by atoms with Gasteiger partial charge >= 0.3 is 0 Å². The average Bonchev–Trinajstić information content (AvgIpc) is 3.73. The lowest BCUT2D eigenvalue weighted by Gasteiger charge is -2.33. The van der Waals surface area contributed by atoms with Crippen LogP contribution < -0.4 is 26.0 Å². The molecule has 0 radical (unpaired) electrons. The molecule has 2 bridgehead atoms. The zero-order valence-electron chi connectivity index (χ0n) is 22.7. The summed E-state index contributed by atoms with van der Waals surface area (Å²) in [6.45, 7) is 3.19. The van der Waals surface area contributed by atoms with Crippen LogP contribution in [-0.4, -0.2) is 69.6 Å². The summed E-state index contributed by atoms with van der Waals surface area (Å²) >= 11 is 0. The number of likely N-dealkylation sites (tertiary alicyclic amines) is 1. The summed E-state index contributed by atoms with van der Waals surface area (Å²) in [5.41, 5.74) is 10.9. The van der Waals surface area contributed by atoms with Crippen molar-refractivity contribution >= 4 is 29.2 Å². The smallest absolute Gasteiger partial charge is 0.256 e. The van der Waals surface area contributed by atoms with Crippen LogP contribution in [0.25, 0.3) is 11.3 Å². The molecular formula is C30H31N9O2. The molecule has 2 fully saturated rings. The molecule has 4 aromatic rings. The summed E-state index contributed by atoms with van der Waals surface area (Å²) in [6.07, 6.45) is 7.16. The third-order valence-corrected chi connectivity index (χ3v) is 8.16. The number of nitrogens with two attached hydrogens (primary N) is 1. The molecule has 3 aromatic heterocycles. The van der Waals surface area contributed by atoms with Gasteiger partial charge in [-0.15, -0.1) is 0 Å². The Morgan fingerprint density at radius 1 is 1.10 bits per heavy atom. The fourth-order valence-electron chi connectivity index (χ4n) is 6.06. The van der Waals surface area contributed by atoms with Crippen LogP contribution in [0.3, 0.4) is 0 Å². The molecule has 208 valence electrons. The molecule has 1 amide bonds. The zero-order valence-corrected chi connectivity index (χ0v) is 22.7. The van der Waals surface area contributed by atoms with E-state index in [2.05, 4.69) is 47.4 Å². The van der Waals surface area contributed by atoms with Crippen LogP contribution >= 0.6 is 0 Å². The van der Waals surface area contributed by atoms with Crippen molar-refractivity contribution < 1.29 is 9.53 Å². The number of nitrogen functional groups attached to an aromatic ring is 1. The van der Waals surface area contributed by atoms with Gasteiger partial charge < -0.3 is 26.0 Å². The number of ether oxygens (including phenoxy) is 1. The predicted molar refractivity (Wildman–Crippen MR) is 157 cm³/mol. The van der Waals surface area contributed by atoms with E-state index in [4.69, 9.17) is 10.5 Å². The number of likely N-dealkylation sites (N-methyl/N-ethyl adjacent to an activating group) is 1. The Morgan fingerprint density at radius 3 is 2.80 bits per heavy atom. The number of amides is 1. The molecule has 2 atom stereocenters. The second-order valence-corrected chi connectivity index (χ2v) is 10.8. The molecule has 11 nitrogen and oxygen atoms in total. The van der Waals surface area contributed by atoms with E-state index in [1.54, 1.807) is 24.5 Å². The number of anilines is 4. The number of fused-ring (bicyclic) bond motifs is 3. The zero-order chi connectivity index (χ0) is 27.9. The lowest BCUT2D eigenvalue weighted by atomic mass is 10.1. The molecule has 0 spiro atoms. The minimum atomic E-state index is -0.199. The second kappa shape index (κ2) is 10.3. The maximum atomic E-state index is 13.0. The molecule has 1 aromatic carbocycles. The summed E-state index contributed by atoms with van der Waals surface area (Å²) in [5.74, 6) is 2.05. The molecule has 3 aliphatic rings. The molecule has 0 aliphatic carbocycles. The van der Waals surface area contributed by atoms with E-state index < -0.39 is 0 Å². The van der Waals surface area contributed by atoms with Crippen LogP contribution in [0.2, 0.25) is 0 Å². The summed E-state index contributed by atoms with van der Waals surface area (Å²) in [7, 11) is 2.19. The predicted octanol–water partition coefficient (Wildman–Crippen LogP) is 3.21. The molecule has 0 unspecified atom stereocenters. The number of rotatable bonds is 7. The quantitative estimate of drug-likeness (QED) is 0.315. The molecule has 3 aliphatic heterocycles. The van der Waals surface area contributed by atoms with Crippen LogP contribution in [0.1, 0.15) is 27.9 Å². The van der Waals surface area contributed by atoms with Crippen molar-refractivity contribution in [2.45, 2.75) is 31.5 Å². The van der Waals surface area contributed by atoms with Gasteiger partial charge in [-0.2, -0.15) is 0 Å². The van der Waals surface area contributed by atoms with Crippen LogP contribution in [0, 0.1) is 0 Å². The lowest BCUT2D eigenvalue weighted by Crippen LogP contribution is -2.44. The molecule has 0 saturated carbocycles. The van der Waals surface area contributed by atoms with Gasteiger partial charge in [-0.25, -0.2) is 19.9 Å². The molecule has 4 N–H and O–H groups in total. The highest BCUT2D eigenvalue weighted by Crippen LogP contribution is 2.39. The summed E-state index contributed by atoms with van der Waals surface area (Å²) in [6, 6.07) is 14.4. The number of hydrogen-bond acceptors (Lipinski definition) is 10. The van der Waals surface area contributed by atoms with E-state index in [9.17, 15) is 4.79 Å². The van der Waals surface area contributed by atoms with Crippen molar-refractivity contribution in [1.29, 1.82) is 0 Å². The number of benzene rings is 1. The second-order valence-electron chi connectivity index (χ2n) is 10.8. The van der Waals surface area contributed by atoms with Gasteiger partial charge in [0.15, 0.2) is 0 Å². The van der Waals surface area contributed by atoms with E-state index >= 15 is 0 Å². The van der Waals surface area contributed by atoms with E-state index in [0.717, 1.165) is 53.5 Å². The van der Waals surface area contributed by atoms with Crippen molar-refractivity contribution in [3.8, 4) is 17.0 Å². The first kappa shape index (κ1) is 25.2. The average molecular weight is 550 g/mol. The maximum absolute atomic E-state index is 13.0. The van der Waals surface area contributed by atoms with Crippen LogP contribution in [-0.2, 0) is 13.0 Å². The highest BCUT2D eigenvalue weighted by atomic mass is 16.5. The van der Waals surface area contributed by atoms with Gasteiger partial charge in [0.25, 0.3) is 5.91 Å². The van der Waals surface area contributed by atoms with Gasteiger partial charge in [-0.3, -0.25) is 9.69 Å². The highest BCUT2D eigenvalue weighted by molar-refractivity contribution is 6.03. The minimum Gasteiger partial charge on any atom is -0.492 e. The Bertz CT molecular complexity index is 1610. The van der Waals surface area contributed by atoms with Crippen molar-refractivity contribution in [1.82, 2.24) is 24.8 Å². The number of hydrogen-bond donors (Lipinski definition) is 3. The number of nitrogens with one attached hydrogen (secondary N) is 2. The number of carbonyl (C=O) groups excluding carboxylic acids is 1. The van der Waals surface area contributed by atoms with Gasteiger partial charge in [-0.05, 0) is 49.4 Å². The van der Waals surface area contributed by atoms with Gasteiger partial charge in [-0.1, -0.05) is 12.1 Å². The van der Waals surface area contributed by atoms with Crippen LogP contribution in [0.4, 0.5) is 23.3 Å². The SMILES string of the molecule is CN1C[C@H]2C[C@@H]1CN2c1ccc(NC(=O)c2cccc(CNc3ncc(-c4ccnc(N)n4)c4c3CCO4)c2)nc1. The monoisotopic (exact) mass is 549 g/mol. The van der Waals surface area contributed by atoms with Crippen molar-refractivity contribution in [3.05, 3.63) is 77.7 Å². The minimum absolute atomic E-state index is 0.199. The molecule has 2 saturated heterocycles. The first-order valence-electron chi connectivity index (χ1n) is 13.8. The fourth-order valence-corrected chi connectivity index (χ4v) is 6.06. The number of piperazine rings is 1. The Kier molecular flexibility index (Phi) is 6.35. The lowest BCUT2D eigenvalue weighted by molar-refractivity contribution is 0.102. The molecule has 11 heteroatoms. The van der Waals surface area contributed by atoms with E-state index in [1.165, 1.54) is 6.42 Å². The largest absolute Gasteiger partial charge is 0.492 e. The van der Waals surface area contributed by atoms with Gasteiger partial charge in [0.2, 0.25) is 5.95 Å². The van der Waals surface area contributed by atoms with Crippen LogP contribution in [0.5, 0.6) is 5.75 Å². The molecule has 6 heterocycles. The number of pyridine rings is 2. The summed E-state index contributed by atoms with van der Waals surface area (Å²) in [5, 5.41) is 6.35. The molecule has 7 rings (SSSR count). The fraction of sp³-hybridized carbons (Fsp3) is 0.300. The third kappa shape index (κ3) is 4.89. The molecular weight excluding hydrogens is 518 g/mol. The number of carbonyl (C=O) groups is 1. The standard InChI is InChI=1S/C30H31N9O2/c1-38-16-22-12-21(38)17-39(22)20-5-6-26(33-14-20)37-29(40)19-4-2-3-18(11-19)13-34-28-23-8-10-41-27(23)24(15-35-28)25-7-9-32-30(31)36-25/h2-7,9,11,14-15,21-22H,8,10,12-13,16-17H2,1H3,(H,34,35)(H2,31,32,36)(H,33,37,40)/t21-,22-/m1/s1. The van der Waals surface area contributed by atoms with Crippen molar-refractivity contribution in [2.75, 3.05) is 48.0 Å². The molecule has 41 heavy (non-hydrogen) atoms. The Labute approximate surface area is 237 Å². The number of nitrogens with zero attached hydrogens (tertiary/aromatic N) is 6. The number of aromatic nitrogens is 4. The first-order chi connectivity index (χ1) is 20.0. The summed E-state index contributed by atoms with van der Waals surface area (Å²) < 4.78 is 5.93. The van der Waals surface area contributed by atoms with E-state index in [1.807, 2.05) is 36.5 Å². The van der Waals surface area contributed by atoms with Gasteiger partial charge in [0, 0.05) is 61.7 Å². The van der Waals surface area contributed by atoms with Gasteiger partial charge in [0.05, 0.1) is 29.7 Å². The topological polar surface area (TPSA) is 134 Å². The van der Waals surface area contributed by atoms with E-state index in [-0.39, 0.29) is 11.9 Å². The van der Waals surface area contributed by atoms with Gasteiger partial charge in [0.1, 0.15) is 17.4 Å². The summed E-state index contributed by atoms with van der Waals surface area (Å²) in [4.78, 5) is 35.3. The first-order valence-corrected chi connectivity index (χ1v) is 13.8. The Morgan fingerprint density at radius 2 is 2.02 bits per heavy atom. The van der Waals surface area contributed by atoms with Crippen LogP contribution in [0.15, 0.2) is 61.1 Å². The van der Waals surface area contributed by atoms with Crippen molar-refractivity contribution in [3.63, 3.8) is 0 Å². The Hall–Kier alpha value is -4.77. The van der Waals surface area contributed by atoms with Crippen molar-refractivity contribution in [2.24, 2.45) is 0 Å². The highest BCUT2D eigenvalue weighted by Gasteiger charge is 2.41. The third-order valence-electron chi connectivity index (χ3n) is 8.16. The van der Waals surface area contributed by atoms with E-state index in [0.29, 0.717) is 42.3 Å².